The van der Waals surface area contributed by atoms with Crippen molar-refractivity contribution in [3.8, 4) is 17.2 Å². The molecule has 4 bridgehead atoms. The van der Waals surface area contributed by atoms with Crippen molar-refractivity contribution in [3.05, 3.63) is 47.3 Å². The number of fused-ring (bicyclic) bond motifs is 1. The first kappa shape index (κ1) is 42.9. The van der Waals surface area contributed by atoms with Gasteiger partial charge in [-0.05, 0) is 19.9 Å². The molecule has 9 unspecified atom stereocenters. The number of esters is 1. The number of hydrogen-bond acceptors (Lipinski definition) is 15. The SMILES string of the molecule is COC1/C=C/OC2(C)Oc3c(C)c(O)c4c(O)c(c5sc(N6CCOCC6)nc5c4c3C2=O)NC(=O)/C(C)=C\C=C\C(C)C(O)C(C)C(O)C(C)C(OC(C)=O)C1C. The van der Waals surface area contributed by atoms with E-state index in [-0.39, 0.29) is 50.2 Å². The van der Waals surface area contributed by atoms with Crippen molar-refractivity contribution in [2.45, 2.75) is 85.6 Å². The molecular weight excluding hydrogens is 771 g/mol. The van der Waals surface area contributed by atoms with Gasteiger partial charge in [0.1, 0.15) is 23.3 Å². The molecule has 314 valence electrons. The standard InChI is InChI=1S/C42H53N3O12S/c1-19-11-10-12-20(2)40(52)43-31-35(50)28-27(30-38(31)58-41(44-30)45-14-17-54-18-15-45)29-37(24(6)34(28)49)57-42(8,39(29)51)55-16-13-26(53-9)21(3)36(56-25(7)46)23(5)33(48)22(4)32(19)47/h10-13,16,19,21-23,26,32-33,36,47-50H,14-15,17-18H2,1-9H3,(H,43,52)/b11-10+,16-13+,20-12-. The third kappa shape index (κ3) is 7.75. The Balaban J connectivity index is 1.54. The molecule has 1 fully saturated rings. The fourth-order valence-electron chi connectivity index (χ4n) is 8.00. The highest BCUT2D eigenvalue weighted by molar-refractivity contribution is 7.23. The highest BCUT2D eigenvalue weighted by atomic mass is 32.1. The topological polar surface area (TPSA) is 206 Å². The monoisotopic (exact) mass is 823 g/mol. The number of aromatic hydroxyl groups is 2. The molecule has 3 aliphatic heterocycles. The highest BCUT2D eigenvalue weighted by Crippen LogP contribution is 2.55. The van der Waals surface area contributed by atoms with Gasteiger partial charge in [0.2, 0.25) is 0 Å². The summed E-state index contributed by atoms with van der Waals surface area (Å²) < 4.78 is 29.8. The van der Waals surface area contributed by atoms with Crippen molar-refractivity contribution in [1.29, 1.82) is 0 Å². The van der Waals surface area contributed by atoms with Crippen LogP contribution in [0.1, 0.15) is 64.4 Å². The van der Waals surface area contributed by atoms with Gasteiger partial charge in [0.15, 0.2) is 10.9 Å². The minimum Gasteiger partial charge on any atom is -0.507 e. The fraction of sp³-hybridized carbons (Fsp3) is 0.524. The number of rotatable bonds is 3. The molecule has 2 aromatic carbocycles. The molecule has 1 saturated heterocycles. The number of allylic oxidation sites excluding steroid dienone is 2. The molecular formula is C42H53N3O12S. The lowest BCUT2D eigenvalue weighted by Crippen LogP contribution is -2.46. The number of phenolic OH excluding ortho intramolecular Hbond substituents is 2. The average Bonchev–Trinajstić information content (AvgIpc) is 3.76. The van der Waals surface area contributed by atoms with Gasteiger partial charge in [-0.1, -0.05) is 57.3 Å². The number of thiazole rings is 1. The second kappa shape index (κ2) is 16.9. The number of carbonyl (C=O) groups excluding carboxylic acids is 3. The highest BCUT2D eigenvalue weighted by Gasteiger charge is 2.50. The summed E-state index contributed by atoms with van der Waals surface area (Å²) in [7, 11) is 1.46. The minimum atomic E-state index is -1.95. The lowest BCUT2D eigenvalue weighted by atomic mass is 9.78. The summed E-state index contributed by atoms with van der Waals surface area (Å²) in [5, 5.41) is 50.0. The van der Waals surface area contributed by atoms with Crippen LogP contribution in [0.15, 0.2) is 36.1 Å². The molecule has 16 heteroatoms. The van der Waals surface area contributed by atoms with Gasteiger partial charge in [-0.25, -0.2) is 4.98 Å². The Morgan fingerprint density at radius 2 is 1.69 bits per heavy atom. The van der Waals surface area contributed by atoms with Crippen LogP contribution in [-0.2, 0) is 28.5 Å². The van der Waals surface area contributed by atoms with Crippen LogP contribution in [0, 0.1) is 30.6 Å². The molecule has 0 radical (unpaired) electrons. The van der Waals surface area contributed by atoms with Crippen molar-refractivity contribution >= 4 is 60.8 Å². The van der Waals surface area contributed by atoms with E-state index < -0.39 is 77.3 Å². The van der Waals surface area contributed by atoms with E-state index in [9.17, 15) is 34.8 Å². The van der Waals surface area contributed by atoms with Gasteiger partial charge in [-0.3, -0.25) is 14.4 Å². The summed E-state index contributed by atoms with van der Waals surface area (Å²) in [6, 6.07) is 0. The number of amides is 1. The number of nitrogens with zero attached hydrogens (tertiary/aromatic N) is 2. The molecule has 0 aliphatic carbocycles. The lowest BCUT2D eigenvalue weighted by molar-refractivity contribution is -0.160. The number of aromatic nitrogens is 1. The van der Waals surface area contributed by atoms with E-state index in [1.807, 2.05) is 4.90 Å². The first-order valence-electron chi connectivity index (χ1n) is 19.4. The van der Waals surface area contributed by atoms with Crippen LogP contribution in [0.4, 0.5) is 10.8 Å². The number of Topliss-reactive ketones (excluding diaryl/α,β-unsaturated/α-hetero) is 1. The third-order valence-corrected chi connectivity index (χ3v) is 12.8. The van der Waals surface area contributed by atoms with Crippen molar-refractivity contribution in [2.24, 2.45) is 23.7 Å². The van der Waals surface area contributed by atoms with Crippen LogP contribution in [0.2, 0.25) is 0 Å². The van der Waals surface area contributed by atoms with E-state index in [1.165, 1.54) is 38.6 Å². The summed E-state index contributed by atoms with van der Waals surface area (Å²) in [6.45, 7) is 14.8. The number of carbonyl (C=O) groups is 3. The Kier molecular flexibility index (Phi) is 12.5. The summed E-state index contributed by atoms with van der Waals surface area (Å²) in [6.07, 6.45) is 3.93. The number of phenols is 2. The molecule has 1 amide bonds. The van der Waals surface area contributed by atoms with Gasteiger partial charge in [-0.15, -0.1) is 0 Å². The molecule has 1 aromatic heterocycles. The summed E-state index contributed by atoms with van der Waals surface area (Å²) in [5.41, 5.74) is 0.705. The molecule has 58 heavy (non-hydrogen) atoms. The molecule has 5 N–H and O–H groups in total. The number of ketones is 1. The van der Waals surface area contributed by atoms with Gasteiger partial charge >= 0.3 is 11.8 Å². The Hall–Kier alpha value is -4.74. The lowest BCUT2D eigenvalue weighted by Gasteiger charge is -2.38. The zero-order valence-electron chi connectivity index (χ0n) is 34.2. The smallest absolute Gasteiger partial charge is 0.312 e. The Labute approximate surface area is 340 Å². The van der Waals surface area contributed by atoms with E-state index in [1.54, 1.807) is 65.8 Å². The van der Waals surface area contributed by atoms with E-state index >= 15 is 0 Å². The number of methoxy groups -OCH3 is 1. The maximum atomic E-state index is 14.6. The fourth-order valence-corrected chi connectivity index (χ4v) is 9.13. The number of benzene rings is 2. The quantitative estimate of drug-likeness (QED) is 0.164. The number of aliphatic hydroxyl groups excluding tert-OH is 2. The van der Waals surface area contributed by atoms with E-state index in [4.69, 9.17) is 28.7 Å². The Morgan fingerprint density at radius 3 is 2.34 bits per heavy atom. The van der Waals surface area contributed by atoms with Crippen molar-refractivity contribution in [2.75, 3.05) is 43.6 Å². The van der Waals surface area contributed by atoms with Crippen molar-refractivity contribution in [3.63, 3.8) is 0 Å². The van der Waals surface area contributed by atoms with Crippen LogP contribution in [0.25, 0.3) is 21.0 Å². The molecule has 0 saturated carbocycles. The predicted molar refractivity (Wildman–Crippen MR) is 218 cm³/mol. The number of nitrogens with one attached hydrogen (secondary N) is 1. The third-order valence-electron chi connectivity index (χ3n) is 11.6. The van der Waals surface area contributed by atoms with Crippen LogP contribution in [0.3, 0.4) is 0 Å². The van der Waals surface area contributed by atoms with Crippen LogP contribution < -0.4 is 15.0 Å². The zero-order chi connectivity index (χ0) is 42.4. The van der Waals surface area contributed by atoms with Gasteiger partial charge < -0.3 is 54.3 Å². The Morgan fingerprint density at radius 1 is 1.00 bits per heavy atom. The molecule has 4 heterocycles. The largest absolute Gasteiger partial charge is 0.507 e. The number of morpholine rings is 1. The summed E-state index contributed by atoms with van der Waals surface area (Å²) >= 11 is 1.21. The van der Waals surface area contributed by atoms with Gasteiger partial charge in [0, 0.05) is 74.2 Å². The maximum Gasteiger partial charge on any atom is 0.312 e. The first-order chi connectivity index (χ1) is 27.4. The molecule has 6 rings (SSSR count). The van der Waals surface area contributed by atoms with E-state index in [0.29, 0.717) is 36.1 Å². The molecule has 3 aromatic rings. The number of anilines is 2. The van der Waals surface area contributed by atoms with Gasteiger partial charge in [-0.2, -0.15) is 0 Å². The molecule has 15 nitrogen and oxygen atoms in total. The van der Waals surface area contributed by atoms with Crippen molar-refractivity contribution in [1.82, 2.24) is 4.98 Å². The summed E-state index contributed by atoms with van der Waals surface area (Å²) in [5.74, 6) is -6.86. The molecule has 3 aliphatic rings. The molecule has 0 spiro atoms. The second-order valence-corrected chi connectivity index (χ2v) is 16.6. The first-order valence-corrected chi connectivity index (χ1v) is 20.2. The molecule has 9 atom stereocenters. The normalized spacial score (nSPS) is 32.1. The minimum absolute atomic E-state index is 0.00571. The van der Waals surface area contributed by atoms with E-state index in [2.05, 4.69) is 5.32 Å². The van der Waals surface area contributed by atoms with Gasteiger partial charge in [0.05, 0.1) is 59.0 Å². The second-order valence-electron chi connectivity index (χ2n) is 15.6. The maximum absolute atomic E-state index is 14.6. The zero-order valence-corrected chi connectivity index (χ0v) is 35.0. The average molecular weight is 824 g/mol. The number of ether oxygens (including phenoxy) is 5. The van der Waals surface area contributed by atoms with E-state index in [0.717, 1.165) is 0 Å². The van der Waals surface area contributed by atoms with Crippen LogP contribution >= 0.6 is 11.3 Å². The van der Waals surface area contributed by atoms with Crippen LogP contribution in [0.5, 0.6) is 17.2 Å². The number of aliphatic hydroxyl groups is 2. The predicted octanol–water partition coefficient (Wildman–Crippen LogP) is 5.49. The summed E-state index contributed by atoms with van der Waals surface area (Å²) in [4.78, 5) is 47.7. The Bertz CT molecular complexity index is 2190. The van der Waals surface area contributed by atoms with Crippen molar-refractivity contribution < 1.29 is 58.5 Å². The van der Waals surface area contributed by atoms with Gasteiger partial charge in [0.25, 0.3) is 11.7 Å². The van der Waals surface area contributed by atoms with Crippen LogP contribution in [-0.4, -0.2) is 107 Å². The number of hydrogen-bond donors (Lipinski definition) is 5.